The monoisotopic (exact) mass is 360 g/mol. The summed E-state index contributed by atoms with van der Waals surface area (Å²) in [4.78, 5) is 14.2. The topological polar surface area (TPSA) is 68.6 Å². The van der Waals surface area contributed by atoms with Gasteiger partial charge in [-0.25, -0.2) is 4.79 Å². The number of hydrogen-bond donors (Lipinski definition) is 1. The minimum atomic E-state index is -0.133. The van der Waals surface area contributed by atoms with Gasteiger partial charge in [0.05, 0.1) is 25.5 Å². The van der Waals surface area contributed by atoms with Crippen molar-refractivity contribution in [1.82, 2.24) is 20.0 Å². The molecule has 0 fully saturated rings. The standard InChI is InChI=1S/C19H28N4O3/c1-6-15(16-10-11-20-23(16)4)21-19(24)22(3)13-14-8-9-17(25-5)18(12-14)26-7-2/h8-12,15H,6-7,13H2,1-5H3,(H,21,24)/t15-/m0/s1. The van der Waals surface area contributed by atoms with Gasteiger partial charge >= 0.3 is 6.03 Å². The third-order valence-corrected chi connectivity index (χ3v) is 4.22. The minimum absolute atomic E-state index is 0.0766. The maximum Gasteiger partial charge on any atom is 0.317 e. The van der Waals surface area contributed by atoms with E-state index in [4.69, 9.17) is 9.47 Å². The molecule has 0 aliphatic rings. The number of amides is 2. The summed E-state index contributed by atoms with van der Waals surface area (Å²) in [5.41, 5.74) is 1.96. The number of rotatable bonds is 8. The van der Waals surface area contributed by atoms with Gasteiger partial charge in [0.15, 0.2) is 11.5 Å². The summed E-state index contributed by atoms with van der Waals surface area (Å²) in [6.07, 6.45) is 2.52. The molecular formula is C19H28N4O3. The fourth-order valence-corrected chi connectivity index (χ4v) is 2.80. The number of nitrogens with zero attached hydrogens (tertiary/aromatic N) is 3. The van der Waals surface area contributed by atoms with E-state index in [1.165, 1.54) is 0 Å². The summed E-state index contributed by atoms with van der Waals surface area (Å²) in [6.45, 7) is 4.99. The Morgan fingerprint density at radius 1 is 1.31 bits per heavy atom. The van der Waals surface area contributed by atoms with Crippen molar-refractivity contribution < 1.29 is 14.3 Å². The van der Waals surface area contributed by atoms with Crippen molar-refractivity contribution >= 4 is 6.03 Å². The molecule has 0 aliphatic carbocycles. The SMILES string of the molecule is CCOc1cc(CN(C)C(=O)N[C@@H](CC)c2ccnn2C)ccc1OC. The zero-order valence-electron chi connectivity index (χ0n) is 16.2. The summed E-state index contributed by atoms with van der Waals surface area (Å²) >= 11 is 0. The zero-order chi connectivity index (χ0) is 19.1. The summed E-state index contributed by atoms with van der Waals surface area (Å²) in [5, 5.41) is 7.24. The van der Waals surface area contributed by atoms with Crippen LogP contribution in [0.3, 0.4) is 0 Å². The molecule has 1 aromatic heterocycles. The van der Waals surface area contributed by atoms with Gasteiger partial charge < -0.3 is 19.7 Å². The molecule has 1 N–H and O–H groups in total. The molecule has 1 atom stereocenters. The molecule has 1 aromatic carbocycles. The molecule has 0 spiro atoms. The van der Waals surface area contributed by atoms with Crippen LogP contribution in [0, 0.1) is 0 Å². The average Bonchev–Trinajstić information content (AvgIpc) is 3.05. The van der Waals surface area contributed by atoms with Crippen LogP contribution in [-0.4, -0.2) is 41.5 Å². The number of aryl methyl sites for hydroxylation is 1. The van der Waals surface area contributed by atoms with Crippen molar-refractivity contribution in [2.75, 3.05) is 20.8 Å². The smallest absolute Gasteiger partial charge is 0.317 e. The number of carbonyl (C=O) groups is 1. The molecule has 2 rings (SSSR count). The number of aromatic nitrogens is 2. The molecule has 1 heterocycles. The predicted octanol–water partition coefficient (Wildman–Crippen LogP) is 3.12. The zero-order valence-corrected chi connectivity index (χ0v) is 16.2. The van der Waals surface area contributed by atoms with Gasteiger partial charge in [-0.3, -0.25) is 4.68 Å². The Kier molecular flexibility index (Phi) is 6.89. The van der Waals surface area contributed by atoms with Crippen molar-refractivity contribution in [2.45, 2.75) is 32.9 Å². The second-order valence-corrected chi connectivity index (χ2v) is 6.06. The molecule has 2 aromatic rings. The van der Waals surface area contributed by atoms with Crippen LogP contribution < -0.4 is 14.8 Å². The molecule has 26 heavy (non-hydrogen) atoms. The van der Waals surface area contributed by atoms with Crippen LogP contribution in [0.2, 0.25) is 0 Å². The average molecular weight is 360 g/mol. The van der Waals surface area contributed by atoms with E-state index in [1.54, 1.807) is 29.9 Å². The first-order valence-corrected chi connectivity index (χ1v) is 8.79. The van der Waals surface area contributed by atoms with Gasteiger partial charge in [-0.2, -0.15) is 5.10 Å². The summed E-state index contributed by atoms with van der Waals surface area (Å²) in [5.74, 6) is 1.37. The lowest BCUT2D eigenvalue weighted by Crippen LogP contribution is -2.39. The minimum Gasteiger partial charge on any atom is -0.493 e. The highest BCUT2D eigenvalue weighted by Gasteiger charge is 2.18. The highest BCUT2D eigenvalue weighted by Crippen LogP contribution is 2.28. The normalized spacial score (nSPS) is 11.7. The lowest BCUT2D eigenvalue weighted by Gasteiger charge is -2.23. The molecule has 142 valence electrons. The molecule has 0 saturated carbocycles. The Labute approximate surface area is 154 Å². The molecule has 2 amide bonds. The van der Waals surface area contributed by atoms with E-state index in [0.717, 1.165) is 17.7 Å². The first-order chi connectivity index (χ1) is 12.5. The van der Waals surface area contributed by atoms with Gasteiger partial charge in [0, 0.05) is 26.8 Å². The largest absolute Gasteiger partial charge is 0.493 e. The third-order valence-electron chi connectivity index (χ3n) is 4.22. The second-order valence-electron chi connectivity index (χ2n) is 6.06. The van der Waals surface area contributed by atoms with Crippen LogP contribution in [0.15, 0.2) is 30.5 Å². The number of nitrogens with one attached hydrogen (secondary N) is 1. The van der Waals surface area contributed by atoms with Crippen LogP contribution >= 0.6 is 0 Å². The van der Waals surface area contributed by atoms with Crippen molar-refractivity contribution in [3.05, 3.63) is 41.7 Å². The summed E-state index contributed by atoms with van der Waals surface area (Å²) < 4.78 is 12.7. The Hall–Kier alpha value is -2.70. The van der Waals surface area contributed by atoms with E-state index >= 15 is 0 Å². The fourth-order valence-electron chi connectivity index (χ4n) is 2.80. The number of carbonyl (C=O) groups excluding carboxylic acids is 1. The number of methoxy groups -OCH3 is 1. The molecule has 0 unspecified atom stereocenters. The molecule has 0 saturated heterocycles. The predicted molar refractivity (Wildman–Crippen MR) is 100 cm³/mol. The number of hydrogen-bond acceptors (Lipinski definition) is 4. The van der Waals surface area contributed by atoms with Crippen molar-refractivity contribution in [3.63, 3.8) is 0 Å². The molecule has 0 radical (unpaired) electrons. The molecule has 0 aliphatic heterocycles. The first-order valence-electron chi connectivity index (χ1n) is 8.79. The summed E-state index contributed by atoms with van der Waals surface area (Å²) in [7, 11) is 5.26. The van der Waals surface area contributed by atoms with E-state index in [1.807, 2.05) is 45.2 Å². The highest BCUT2D eigenvalue weighted by atomic mass is 16.5. The molecule has 7 heteroatoms. The van der Waals surface area contributed by atoms with Gasteiger partial charge in [-0.1, -0.05) is 13.0 Å². The van der Waals surface area contributed by atoms with Gasteiger partial charge in [0.25, 0.3) is 0 Å². The Morgan fingerprint density at radius 2 is 2.08 bits per heavy atom. The Morgan fingerprint density at radius 3 is 2.65 bits per heavy atom. The summed E-state index contributed by atoms with van der Waals surface area (Å²) in [6, 6.07) is 7.41. The quantitative estimate of drug-likeness (QED) is 0.785. The van der Waals surface area contributed by atoms with E-state index < -0.39 is 0 Å². The van der Waals surface area contributed by atoms with E-state index in [-0.39, 0.29) is 12.1 Å². The molecule has 0 bridgehead atoms. The van der Waals surface area contributed by atoms with Crippen LogP contribution in [0.1, 0.15) is 37.6 Å². The molecular weight excluding hydrogens is 332 g/mol. The van der Waals surface area contributed by atoms with Crippen LogP contribution in [-0.2, 0) is 13.6 Å². The number of ether oxygens (including phenoxy) is 2. The van der Waals surface area contributed by atoms with Crippen molar-refractivity contribution in [3.8, 4) is 11.5 Å². The van der Waals surface area contributed by atoms with E-state index in [2.05, 4.69) is 10.4 Å². The number of urea groups is 1. The highest BCUT2D eigenvalue weighted by molar-refractivity contribution is 5.74. The Balaban J connectivity index is 2.04. The second kappa shape index (κ2) is 9.12. The van der Waals surface area contributed by atoms with Crippen molar-refractivity contribution in [2.24, 2.45) is 7.05 Å². The fraction of sp³-hybridized carbons (Fsp3) is 0.474. The van der Waals surface area contributed by atoms with Crippen LogP contribution in [0.4, 0.5) is 4.79 Å². The number of benzene rings is 1. The van der Waals surface area contributed by atoms with Gasteiger partial charge in [0.2, 0.25) is 0 Å². The first kappa shape index (κ1) is 19.6. The van der Waals surface area contributed by atoms with Crippen molar-refractivity contribution in [1.29, 1.82) is 0 Å². The maximum absolute atomic E-state index is 12.6. The van der Waals surface area contributed by atoms with E-state index in [0.29, 0.717) is 24.7 Å². The van der Waals surface area contributed by atoms with Crippen LogP contribution in [0.5, 0.6) is 11.5 Å². The van der Waals surface area contributed by atoms with Gasteiger partial charge in [-0.05, 0) is 37.1 Å². The van der Waals surface area contributed by atoms with Gasteiger partial charge in [0.1, 0.15) is 0 Å². The lowest BCUT2D eigenvalue weighted by atomic mass is 10.1. The van der Waals surface area contributed by atoms with Crippen LogP contribution in [0.25, 0.3) is 0 Å². The van der Waals surface area contributed by atoms with E-state index in [9.17, 15) is 4.79 Å². The Bertz CT molecular complexity index is 729. The molecule has 7 nitrogen and oxygen atoms in total. The maximum atomic E-state index is 12.6. The van der Waals surface area contributed by atoms with Gasteiger partial charge in [-0.15, -0.1) is 0 Å². The lowest BCUT2D eigenvalue weighted by molar-refractivity contribution is 0.201. The third kappa shape index (κ3) is 4.68.